The van der Waals surface area contributed by atoms with Crippen LogP contribution >= 0.6 is 0 Å². The van der Waals surface area contributed by atoms with E-state index in [2.05, 4.69) is 15.5 Å². The van der Waals surface area contributed by atoms with Gasteiger partial charge >= 0.3 is 6.18 Å². The summed E-state index contributed by atoms with van der Waals surface area (Å²) in [5, 5.41) is 7.13. The maximum Gasteiger partial charge on any atom is 0.416 e. The molecule has 2 aromatic heterocycles. The molecule has 0 spiro atoms. The van der Waals surface area contributed by atoms with Crippen LogP contribution in [0.2, 0.25) is 0 Å². The van der Waals surface area contributed by atoms with Gasteiger partial charge in [-0.25, -0.2) is 4.98 Å². The zero-order valence-corrected chi connectivity index (χ0v) is 14.4. The van der Waals surface area contributed by atoms with E-state index in [0.29, 0.717) is 46.9 Å². The Kier molecular flexibility index (Phi) is 5.13. The second-order valence-corrected chi connectivity index (χ2v) is 5.85. The molecule has 5 nitrogen and oxygen atoms in total. The van der Waals surface area contributed by atoms with Gasteiger partial charge in [0, 0.05) is 25.8 Å². The van der Waals surface area contributed by atoms with Crippen LogP contribution in [0, 0.1) is 6.92 Å². The summed E-state index contributed by atoms with van der Waals surface area (Å²) < 4.78 is 49.3. The number of pyridine rings is 1. The number of rotatable bonds is 6. The van der Waals surface area contributed by atoms with Gasteiger partial charge in [0.1, 0.15) is 11.2 Å². The highest BCUT2D eigenvalue weighted by Crippen LogP contribution is 2.34. The summed E-state index contributed by atoms with van der Waals surface area (Å²) in [4.78, 5) is 4.44. The number of aryl methyl sites for hydroxylation is 1. The van der Waals surface area contributed by atoms with Crippen molar-refractivity contribution in [1.29, 1.82) is 0 Å². The van der Waals surface area contributed by atoms with Crippen LogP contribution < -0.4 is 5.32 Å². The van der Waals surface area contributed by atoms with E-state index in [1.165, 1.54) is 6.07 Å². The van der Waals surface area contributed by atoms with Crippen LogP contribution in [0.15, 0.2) is 34.9 Å². The molecule has 3 aromatic rings. The van der Waals surface area contributed by atoms with Crippen LogP contribution in [0.4, 0.5) is 18.9 Å². The van der Waals surface area contributed by atoms with Crippen molar-refractivity contribution < 1.29 is 22.4 Å². The second kappa shape index (κ2) is 7.33. The lowest BCUT2D eigenvalue weighted by molar-refractivity contribution is -0.137. The summed E-state index contributed by atoms with van der Waals surface area (Å²) in [6.07, 6.45) is -3.64. The standard InChI is InChI=1S/C18H18F3N3O2/c1-11-16-17(26-24-11)15(22-7-4-8-25-2)10-14(23-16)12-5-3-6-13(9-12)18(19,20)21/h3,5-6,9-10H,4,7-8H2,1-2H3,(H,22,23). The van der Waals surface area contributed by atoms with Gasteiger partial charge in [-0.15, -0.1) is 0 Å². The Hall–Kier alpha value is -2.61. The fraction of sp³-hybridized carbons (Fsp3) is 0.333. The van der Waals surface area contributed by atoms with Gasteiger partial charge in [0.15, 0.2) is 0 Å². The first-order chi connectivity index (χ1) is 12.4. The van der Waals surface area contributed by atoms with Crippen LogP contribution in [0.5, 0.6) is 0 Å². The molecule has 26 heavy (non-hydrogen) atoms. The number of nitrogens with one attached hydrogen (secondary N) is 1. The first-order valence-corrected chi connectivity index (χ1v) is 8.07. The SMILES string of the molecule is COCCCNc1cc(-c2cccc(C(F)(F)F)c2)nc2c(C)noc12. The van der Waals surface area contributed by atoms with Gasteiger partial charge in [-0.1, -0.05) is 17.3 Å². The molecule has 0 unspecified atom stereocenters. The van der Waals surface area contributed by atoms with Crippen molar-refractivity contribution in [2.45, 2.75) is 19.5 Å². The van der Waals surface area contributed by atoms with Crippen molar-refractivity contribution in [3.8, 4) is 11.3 Å². The van der Waals surface area contributed by atoms with Gasteiger partial charge < -0.3 is 14.6 Å². The fourth-order valence-electron chi connectivity index (χ4n) is 2.60. The second-order valence-electron chi connectivity index (χ2n) is 5.85. The van der Waals surface area contributed by atoms with Crippen LogP contribution in [-0.2, 0) is 10.9 Å². The largest absolute Gasteiger partial charge is 0.416 e. The lowest BCUT2D eigenvalue weighted by Crippen LogP contribution is -2.06. The molecule has 0 amide bonds. The number of ether oxygens (including phenoxy) is 1. The average Bonchev–Trinajstić information content (AvgIpc) is 2.99. The summed E-state index contributed by atoms with van der Waals surface area (Å²) in [5.41, 5.74) is 2.30. The molecule has 1 N–H and O–H groups in total. The average molecular weight is 365 g/mol. The first kappa shape index (κ1) is 18.2. The molecule has 0 bridgehead atoms. The highest BCUT2D eigenvalue weighted by molar-refractivity contribution is 5.90. The van der Waals surface area contributed by atoms with Crippen molar-refractivity contribution >= 4 is 16.8 Å². The van der Waals surface area contributed by atoms with E-state index in [9.17, 15) is 13.2 Å². The van der Waals surface area contributed by atoms with Gasteiger partial charge in [-0.2, -0.15) is 13.2 Å². The first-order valence-electron chi connectivity index (χ1n) is 8.07. The number of benzene rings is 1. The maximum absolute atomic E-state index is 13.0. The lowest BCUT2D eigenvalue weighted by atomic mass is 10.1. The number of anilines is 1. The van der Waals surface area contributed by atoms with Crippen molar-refractivity contribution in [2.75, 3.05) is 25.6 Å². The van der Waals surface area contributed by atoms with Gasteiger partial charge in [0.05, 0.1) is 16.9 Å². The highest BCUT2D eigenvalue weighted by atomic mass is 19.4. The number of nitrogens with zero attached hydrogens (tertiary/aromatic N) is 2. The molecule has 8 heteroatoms. The summed E-state index contributed by atoms with van der Waals surface area (Å²) in [6, 6.07) is 6.77. The molecule has 0 atom stereocenters. The van der Waals surface area contributed by atoms with E-state index < -0.39 is 11.7 Å². The number of alkyl halides is 3. The van der Waals surface area contributed by atoms with E-state index >= 15 is 0 Å². The Labute approximate surface area is 148 Å². The minimum Gasteiger partial charge on any atom is -0.385 e. The molecule has 0 radical (unpaired) electrons. The van der Waals surface area contributed by atoms with E-state index in [4.69, 9.17) is 9.26 Å². The summed E-state index contributed by atoms with van der Waals surface area (Å²) in [5.74, 6) is 0. The number of halogens is 3. The van der Waals surface area contributed by atoms with Crippen molar-refractivity contribution in [3.05, 3.63) is 41.6 Å². The van der Waals surface area contributed by atoms with E-state index in [0.717, 1.165) is 18.6 Å². The topological polar surface area (TPSA) is 60.2 Å². The highest BCUT2D eigenvalue weighted by Gasteiger charge is 2.30. The van der Waals surface area contributed by atoms with E-state index in [-0.39, 0.29) is 0 Å². The predicted octanol–water partition coefficient (Wildman–Crippen LogP) is 4.67. The number of fused-ring (bicyclic) bond motifs is 1. The van der Waals surface area contributed by atoms with Crippen molar-refractivity contribution in [3.63, 3.8) is 0 Å². The van der Waals surface area contributed by atoms with Gasteiger partial charge in [0.25, 0.3) is 0 Å². The normalized spacial score (nSPS) is 11.9. The predicted molar refractivity (Wildman–Crippen MR) is 92.0 cm³/mol. The van der Waals surface area contributed by atoms with Gasteiger partial charge in [-0.3, -0.25) is 0 Å². The third-order valence-corrected chi connectivity index (χ3v) is 3.92. The Morgan fingerprint density at radius 3 is 2.77 bits per heavy atom. The van der Waals surface area contributed by atoms with Crippen LogP contribution in [0.25, 0.3) is 22.4 Å². The Balaban J connectivity index is 2.02. The number of hydrogen-bond donors (Lipinski definition) is 1. The maximum atomic E-state index is 13.0. The molecule has 138 valence electrons. The zero-order valence-electron chi connectivity index (χ0n) is 14.4. The Bertz CT molecular complexity index is 906. The Morgan fingerprint density at radius 1 is 1.23 bits per heavy atom. The van der Waals surface area contributed by atoms with Crippen molar-refractivity contribution in [2.24, 2.45) is 0 Å². The number of aromatic nitrogens is 2. The molecule has 0 aliphatic carbocycles. The summed E-state index contributed by atoms with van der Waals surface area (Å²) in [6.45, 7) is 2.95. The zero-order chi connectivity index (χ0) is 18.7. The molecule has 0 saturated heterocycles. The lowest BCUT2D eigenvalue weighted by Gasteiger charge is -2.11. The van der Waals surface area contributed by atoms with E-state index in [1.54, 1.807) is 26.2 Å². The molecule has 0 aliphatic rings. The molecule has 0 fully saturated rings. The molecule has 0 aliphatic heterocycles. The molecule has 2 heterocycles. The molecular weight excluding hydrogens is 347 g/mol. The monoisotopic (exact) mass is 365 g/mol. The fourth-order valence-corrected chi connectivity index (χ4v) is 2.60. The molecule has 3 rings (SSSR count). The number of methoxy groups -OCH3 is 1. The third-order valence-electron chi connectivity index (χ3n) is 3.92. The van der Waals surface area contributed by atoms with Gasteiger partial charge in [-0.05, 0) is 31.5 Å². The van der Waals surface area contributed by atoms with Crippen LogP contribution in [0.3, 0.4) is 0 Å². The molecule has 0 saturated carbocycles. The number of hydrogen-bond acceptors (Lipinski definition) is 5. The summed E-state index contributed by atoms with van der Waals surface area (Å²) in [7, 11) is 1.62. The van der Waals surface area contributed by atoms with Gasteiger partial charge in [0.2, 0.25) is 5.58 Å². The quantitative estimate of drug-likeness (QED) is 0.644. The minimum atomic E-state index is -4.41. The smallest absolute Gasteiger partial charge is 0.385 e. The van der Waals surface area contributed by atoms with Crippen molar-refractivity contribution in [1.82, 2.24) is 10.1 Å². The Morgan fingerprint density at radius 2 is 2.04 bits per heavy atom. The summed E-state index contributed by atoms with van der Waals surface area (Å²) >= 11 is 0. The minimum absolute atomic E-state index is 0.377. The third kappa shape index (κ3) is 3.80. The molecule has 1 aromatic carbocycles. The van der Waals surface area contributed by atoms with Crippen LogP contribution in [0.1, 0.15) is 17.7 Å². The molecular formula is C18H18F3N3O2. The van der Waals surface area contributed by atoms with E-state index in [1.807, 2.05) is 0 Å². The van der Waals surface area contributed by atoms with Crippen LogP contribution in [-0.4, -0.2) is 30.4 Å².